The summed E-state index contributed by atoms with van der Waals surface area (Å²) in [6, 6.07) is 6.32. The van der Waals surface area contributed by atoms with Gasteiger partial charge in [-0.1, -0.05) is 24.6 Å². The summed E-state index contributed by atoms with van der Waals surface area (Å²) in [5, 5.41) is 12.2. The average Bonchev–Trinajstić information content (AvgIpc) is 3.01. The maximum atomic E-state index is 12.1. The molecule has 1 aliphatic rings. The normalized spacial score (nSPS) is 20.7. The van der Waals surface area contributed by atoms with Gasteiger partial charge in [-0.05, 0) is 30.5 Å². The van der Waals surface area contributed by atoms with E-state index in [4.69, 9.17) is 16.7 Å². The summed E-state index contributed by atoms with van der Waals surface area (Å²) in [7, 11) is 0. The van der Waals surface area contributed by atoms with E-state index in [0.29, 0.717) is 16.6 Å². The highest BCUT2D eigenvalue weighted by Crippen LogP contribution is 2.29. The van der Waals surface area contributed by atoms with Gasteiger partial charge in [-0.25, -0.2) is 4.79 Å². The first-order valence-corrected chi connectivity index (χ1v) is 6.40. The van der Waals surface area contributed by atoms with Gasteiger partial charge in [-0.2, -0.15) is 0 Å². The molecule has 102 valence electrons. The van der Waals surface area contributed by atoms with Crippen molar-refractivity contribution >= 4 is 29.3 Å². The van der Waals surface area contributed by atoms with Gasteiger partial charge in [-0.15, -0.1) is 0 Å². The number of halogens is 1. The Morgan fingerprint density at radius 3 is 2.74 bits per heavy atom. The van der Waals surface area contributed by atoms with Gasteiger partial charge in [0.1, 0.15) is 6.54 Å². The van der Waals surface area contributed by atoms with Crippen molar-refractivity contribution in [2.24, 2.45) is 5.92 Å². The standard InChI is InChI=1S/C13H15ClN2O3/c1-8-5-11(8)15-13(19)16(7-12(17)18)10-4-2-3-9(14)6-10/h2-4,6,8,11H,5,7H2,1H3,(H,15,19)(H,17,18). The number of aliphatic carboxylic acids is 1. The van der Waals surface area contributed by atoms with Crippen LogP contribution in [0.5, 0.6) is 0 Å². The molecule has 2 amide bonds. The van der Waals surface area contributed by atoms with E-state index in [9.17, 15) is 9.59 Å². The highest BCUT2D eigenvalue weighted by molar-refractivity contribution is 6.30. The van der Waals surface area contributed by atoms with E-state index in [1.807, 2.05) is 6.92 Å². The number of nitrogens with zero attached hydrogens (tertiary/aromatic N) is 1. The number of carbonyl (C=O) groups is 2. The molecule has 5 nitrogen and oxygen atoms in total. The minimum atomic E-state index is -1.07. The van der Waals surface area contributed by atoms with Crippen molar-refractivity contribution in [2.75, 3.05) is 11.4 Å². The van der Waals surface area contributed by atoms with Gasteiger partial charge in [0, 0.05) is 16.8 Å². The van der Waals surface area contributed by atoms with Crippen LogP contribution in [-0.2, 0) is 4.79 Å². The van der Waals surface area contributed by atoms with Crippen LogP contribution < -0.4 is 10.2 Å². The fourth-order valence-corrected chi connectivity index (χ4v) is 2.00. The molecular weight excluding hydrogens is 268 g/mol. The Labute approximate surface area is 116 Å². The van der Waals surface area contributed by atoms with Crippen molar-refractivity contribution in [3.05, 3.63) is 29.3 Å². The Hall–Kier alpha value is -1.75. The first-order chi connectivity index (χ1) is 8.97. The maximum absolute atomic E-state index is 12.1. The minimum absolute atomic E-state index is 0.142. The molecule has 6 heteroatoms. The first-order valence-electron chi connectivity index (χ1n) is 6.03. The Balaban J connectivity index is 2.15. The van der Waals surface area contributed by atoms with Crippen LogP contribution in [0, 0.1) is 5.92 Å². The van der Waals surface area contributed by atoms with Crippen LogP contribution in [-0.4, -0.2) is 29.7 Å². The lowest BCUT2D eigenvalue weighted by atomic mass is 10.3. The van der Waals surface area contributed by atoms with Crippen LogP contribution in [0.2, 0.25) is 5.02 Å². The second-order valence-electron chi connectivity index (χ2n) is 4.73. The number of hydrogen-bond donors (Lipinski definition) is 2. The number of carbonyl (C=O) groups excluding carboxylic acids is 1. The third-order valence-electron chi connectivity index (χ3n) is 3.08. The molecular formula is C13H15ClN2O3. The summed E-state index contributed by atoms with van der Waals surface area (Å²) < 4.78 is 0. The summed E-state index contributed by atoms with van der Waals surface area (Å²) in [4.78, 5) is 24.2. The SMILES string of the molecule is CC1CC1NC(=O)N(CC(=O)O)c1cccc(Cl)c1. The Bertz CT molecular complexity index is 506. The zero-order chi connectivity index (χ0) is 14.0. The van der Waals surface area contributed by atoms with Gasteiger partial charge in [-0.3, -0.25) is 9.69 Å². The van der Waals surface area contributed by atoms with Gasteiger partial charge in [0.15, 0.2) is 0 Å². The molecule has 0 aromatic heterocycles. The topological polar surface area (TPSA) is 69.6 Å². The van der Waals surface area contributed by atoms with E-state index in [1.165, 1.54) is 4.90 Å². The molecule has 0 bridgehead atoms. The van der Waals surface area contributed by atoms with Crippen LogP contribution in [0.25, 0.3) is 0 Å². The van der Waals surface area contributed by atoms with E-state index in [2.05, 4.69) is 5.32 Å². The number of hydrogen-bond acceptors (Lipinski definition) is 2. The molecule has 0 heterocycles. The summed E-state index contributed by atoms with van der Waals surface area (Å²) in [5.74, 6) is -0.617. The van der Waals surface area contributed by atoms with Gasteiger partial charge in [0.05, 0.1) is 0 Å². The Morgan fingerprint density at radius 2 is 2.21 bits per heavy atom. The van der Waals surface area contributed by atoms with E-state index in [1.54, 1.807) is 24.3 Å². The maximum Gasteiger partial charge on any atom is 0.323 e. The van der Waals surface area contributed by atoms with E-state index >= 15 is 0 Å². The van der Waals surface area contributed by atoms with Crippen LogP contribution in [0.15, 0.2) is 24.3 Å². The van der Waals surface area contributed by atoms with E-state index < -0.39 is 18.5 Å². The molecule has 2 atom stereocenters. The predicted molar refractivity (Wildman–Crippen MR) is 72.5 cm³/mol. The summed E-state index contributed by atoms with van der Waals surface area (Å²) in [5.41, 5.74) is 0.473. The highest BCUT2D eigenvalue weighted by atomic mass is 35.5. The Kier molecular flexibility index (Phi) is 3.95. The highest BCUT2D eigenvalue weighted by Gasteiger charge is 2.35. The minimum Gasteiger partial charge on any atom is -0.480 e. The second-order valence-corrected chi connectivity index (χ2v) is 5.17. The summed E-state index contributed by atoms with van der Waals surface area (Å²) in [6.45, 7) is 1.64. The molecule has 2 N–H and O–H groups in total. The molecule has 19 heavy (non-hydrogen) atoms. The predicted octanol–water partition coefficient (Wildman–Crippen LogP) is 2.35. The summed E-state index contributed by atoms with van der Waals surface area (Å²) >= 11 is 5.87. The number of anilines is 1. The van der Waals surface area contributed by atoms with E-state index in [0.717, 1.165) is 6.42 Å². The zero-order valence-electron chi connectivity index (χ0n) is 10.5. The Morgan fingerprint density at radius 1 is 1.53 bits per heavy atom. The molecule has 2 rings (SSSR count). The number of nitrogens with one attached hydrogen (secondary N) is 1. The third kappa shape index (κ3) is 3.61. The van der Waals surface area contributed by atoms with E-state index in [-0.39, 0.29) is 6.04 Å². The van der Waals surface area contributed by atoms with Gasteiger partial charge in [0.25, 0.3) is 0 Å². The molecule has 0 aliphatic heterocycles. The number of carboxylic acid groups (broad SMARTS) is 1. The lowest BCUT2D eigenvalue weighted by molar-refractivity contribution is -0.135. The monoisotopic (exact) mass is 282 g/mol. The number of benzene rings is 1. The molecule has 1 fully saturated rings. The largest absolute Gasteiger partial charge is 0.480 e. The molecule has 0 saturated heterocycles. The molecule has 1 aromatic carbocycles. The average molecular weight is 283 g/mol. The number of rotatable bonds is 4. The second kappa shape index (κ2) is 5.48. The van der Waals surface area contributed by atoms with Crippen molar-refractivity contribution in [3.8, 4) is 0 Å². The zero-order valence-corrected chi connectivity index (χ0v) is 11.2. The smallest absolute Gasteiger partial charge is 0.323 e. The molecule has 1 saturated carbocycles. The quantitative estimate of drug-likeness (QED) is 0.890. The first kappa shape index (κ1) is 13.7. The summed E-state index contributed by atoms with van der Waals surface area (Å²) in [6.07, 6.45) is 0.933. The fraction of sp³-hybridized carbons (Fsp3) is 0.385. The van der Waals surface area contributed by atoms with Crippen molar-refractivity contribution in [3.63, 3.8) is 0 Å². The van der Waals surface area contributed by atoms with Crippen LogP contribution >= 0.6 is 11.6 Å². The molecule has 0 spiro atoms. The number of carboxylic acids is 1. The van der Waals surface area contributed by atoms with Gasteiger partial charge in [0.2, 0.25) is 0 Å². The number of urea groups is 1. The van der Waals surface area contributed by atoms with Crippen molar-refractivity contribution in [1.29, 1.82) is 0 Å². The van der Waals surface area contributed by atoms with Gasteiger partial charge < -0.3 is 10.4 Å². The molecule has 1 aliphatic carbocycles. The molecule has 1 aromatic rings. The van der Waals surface area contributed by atoms with Crippen molar-refractivity contribution < 1.29 is 14.7 Å². The van der Waals surface area contributed by atoms with Crippen LogP contribution in [0.1, 0.15) is 13.3 Å². The fourth-order valence-electron chi connectivity index (χ4n) is 1.82. The van der Waals surface area contributed by atoms with Gasteiger partial charge >= 0.3 is 12.0 Å². The van der Waals surface area contributed by atoms with Crippen molar-refractivity contribution in [2.45, 2.75) is 19.4 Å². The number of amides is 2. The lowest BCUT2D eigenvalue weighted by Crippen LogP contribution is -2.44. The van der Waals surface area contributed by atoms with Crippen LogP contribution in [0.4, 0.5) is 10.5 Å². The van der Waals surface area contributed by atoms with Crippen molar-refractivity contribution in [1.82, 2.24) is 5.32 Å². The third-order valence-corrected chi connectivity index (χ3v) is 3.31. The lowest BCUT2D eigenvalue weighted by Gasteiger charge is -2.21. The molecule has 2 unspecified atom stereocenters. The molecule has 0 radical (unpaired) electrons. The van der Waals surface area contributed by atoms with Crippen LogP contribution in [0.3, 0.4) is 0 Å².